The molecule has 1 aliphatic carbocycles. The molecular formula is C14H26N2O3. The number of urea groups is 1. The van der Waals surface area contributed by atoms with E-state index in [0.29, 0.717) is 11.8 Å². The Morgan fingerprint density at radius 3 is 2.37 bits per heavy atom. The number of rotatable bonds is 5. The molecule has 5 heteroatoms. The molecule has 3 N–H and O–H groups in total. The highest BCUT2D eigenvalue weighted by Gasteiger charge is 2.28. The third-order valence-corrected chi connectivity index (χ3v) is 3.86. The van der Waals surface area contributed by atoms with Gasteiger partial charge in [0.15, 0.2) is 0 Å². The highest BCUT2D eigenvalue weighted by atomic mass is 16.4. The van der Waals surface area contributed by atoms with Gasteiger partial charge in [0.1, 0.15) is 6.04 Å². The summed E-state index contributed by atoms with van der Waals surface area (Å²) in [6.45, 7) is 6.38. The molecule has 0 heterocycles. The first-order valence-electron chi connectivity index (χ1n) is 7.14. The lowest BCUT2D eigenvalue weighted by atomic mass is 9.76. The molecule has 0 aromatic carbocycles. The molecule has 0 aromatic heterocycles. The predicted octanol–water partition coefficient (Wildman–Crippen LogP) is 2.51. The lowest BCUT2D eigenvalue weighted by Gasteiger charge is -2.34. The zero-order valence-electron chi connectivity index (χ0n) is 12.2. The first-order valence-corrected chi connectivity index (χ1v) is 7.14. The van der Waals surface area contributed by atoms with E-state index in [1.807, 2.05) is 6.92 Å². The fraction of sp³-hybridized carbons (Fsp3) is 0.857. The van der Waals surface area contributed by atoms with Crippen molar-refractivity contribution in [1.29, 1.82) is 0 Å². The summed E-state index contributed by atoms with van der Waals surface area (Å²) in [6.07, 6.45) is 5.30. The summed E-state index contributed by atoms with van der Waals surface area (Å²) < 4.78 is 0. The molecule has 0 bridgehead atoms. The van der Waals surface area contributed by atoms with Gasteiger partial charge >= 0.3 is 12.0 Å². The average molecular weight is 270 g/mol. The van der Waals surface area contributed by atoms with Crippen molar-refractivity contribution in [2.24, 2.45) is 5.41 Å². The van der Waals surface area contributed by atoms with Gasteiger partial charge in [0.25, 0.3) is 0 Å². The SMILES string of the molecule is CCC[C@@H](NC(=O)NC1CCC(C)(C)CC1)C(=O)O. The summed E-state index contributed by atoms with van der Waals surface area (Å²) >= 11 is 0. The van der Waals surface area contributed by atoms with Gasteiger partial charge in [-0.2, -0.15) is 0 Å². The van der Waals surface area contributed by atoms with Gasteiger partial charge in [-0.15, -0.1) is 0 Å². The van der Waals surface area contributed by atoms with Crippen molar-refractivity contribution in [3.63, 3.8) is 0 Å². The summed E-state index contributed by atoms with van der Waals surface area (Å²) in [6, 6.07) is -0.973. The van der Waals surface area contributed by atoms with E-state index in [-0.39, 0.29) is 12.1 Å². The molecule has 0 aromatic rings. The van der Waals surface area contributed by atoms with Crippen LogP contribution in [0.15, 0.2) is 0 Å². The number of carbonyl (C=O) groups excluding carboxylic acids is 1. The molecule has 0 saturated heterocycles. The van der Waals surface area contributed by atoms with Crippen LogP contribution in [0.25, 0.3) is 0 Å². The van der Waals surface area contributed by atoms with E-state index in [2.05, 4.69) is 24.5 Å². The number of aliphatic carboxylic acids is 1. The topological polar surface area (TPSA) is 78.4 Å². The maximum absolute atomic E-state index is 11.8. The van der Waals surface area contributed by atoms with Crippen molar-refractivity contribution in [2.45, 2.75) is 71.4 Å². The second-order valence-corrected chi connectivity index (χ2v) is 6.24. The van der Waals surface area contributed by atoms with Gasteiger partial charge in [0.05, 0.1) is 0 Å². The molecule has 0 aliphatic heterocycles. The van der Waals surface area contributed by atoms with Crippen molar-refractivity contribution >= 4 is 12.0 Å². The number of carboxylic acids is 1. The third-order valence-electron chi connectivity index (χ3n) is 3.86. The minimum Gasteiger partial charge on any atom is -0.480 e. The fourth-order valence-electron chi connectivity index (χ4n) is 2.47. The standard InChI is InChI=1S/C14H26N2O3/c1-4-5-11(12(17)18)16-13(19)15-10-6-8-14(2,3)9-7-10/h10-11H,4-9H2,1-3H3,(H,17,18)(H2,15,16,19)/t11-/m1/s1. The number of amides is 2. The fourth-order valence-corrected chi connectivity index (χ4v) is 2.47. The van der Waals surface area contributed by atoms with Gasteiger partial charge in [0.2, 0.25) is 0 Å². The number of hydrogen-bond donors (Lipinski definition) is 3. The van der Waals surface area contributed by atoms with Gasteiger partial charge < -0.3 is 15.7 Å². The summed E-state index contributed by atoms with van der Waals surface area (Å²) in [5.74, 6) is -0.971. The number of carbonyl (C=O) groups is 2. The molecule has 1 rings (SSSR count). The minimum absolute atomic E-state index is 0.170. The van der Waals surface area contributed by atoms with Gasteiger partial charge in [-0.05, 0) is 37.5 Å². The summed E-state index contributed by atoms with van der Waals surface area (Å²) in [7, 11) is 0. The van der Waals surface area contributed by atoms with Crippen LogP contribution in [0.1, 0.15) is 59.3 Å². The Morgan fingerprint density at radius 2 is 1.89 bits per heavy atom. The van der Waals surface area contributed by atoms with E-state index in [4.69, 9.17) is 5.11 Å². The van der Waals surface area contributed by atoms with Crippen LogP contribution in [-0.2, 0) is 4.79 Å². The predicted molar refractivity (Wildman–Crippen MR) is 74.0 cm³/mol. The summed E-state index contributed by atoms with van der Waals surface area (Å²) in [5, 5.41) is 14.4. The lowest BCUT2D eigenvalue weighted by Crippen LogP contribution is -2.50. The van der Waals surface area contributed by atoms with Crippen LogP contribution >= 0.6 is 0 Å². The second kappa shape index (κ2) is 6.78. The largest absolute Gasteiger partial charge is 0.480 e. The quantitative estimate of drug-likeness (QED) is 0.718. The molecule has 0 spiro atoms. The molecule has 2 amide bonds. The van der Waals surface area contributed by atoms with Gasteiger partial charge in [-0.1, -0.05) is 27.2 Å². The smallest absolute Gasteiger partial charge is 0.326 e. The third kappa shape index (κ3) is 5.49. The molecule has 1 atom stereocenters. The Kier molecular flexibility index (Phi) is 5.63. The molecule has 1 saturated carbocycles. The van der Waals surface area contributed by atoms with Crippen LogP contribution in [0.5, 0.6) is 0 Å². The monoisotopic (exact) mass is 270 g/mol. The summed E-state index contributed by atoms with van der Waals surface area (Å²) in [5.41, 5.74) is 0.362. The van der Waals surface area contributed by atoms with Crippen molar-refractivity contribution in [3.05, 3.63) is 0 Å². The van der Waals surface area contributed by atoms with Gasteiger partial charge in [0, 0.05) is 6.04 Å². The molecule has 1 aliphatic rings. The number of hydrogen-bond acceptors (Lipinski definition) is 2. The first-order chi connectivity index (χ1) is 8.84. The van der Waals surface area contributed by atoms with Crippen LogP contribution in [0.4, 0.5) is 4.79 Å². The van der Waals surface area contributed by atoms with E-state index >= 15 is 0 Å². The van der Waals surface area contributed by atoms with Crippen LogP contribution in [0.2, 0.25) is 0 Å². The number of carboxylic acid groups (broad SMARTS) is 1. The Labute approximate surface area is 115 Å². The Balaban J connectivity index is 2.37. The first kappa shape index (κ1) is 15.8. The maximum atomic E-state index is 11.8. The highest BCUT2D eigenvalue weighted by Crippen LogP contribution is 2.34. The van der Waals surface area contributed by atoms with Crippen molar-refractivity contribution in [3.8, 4) is 0 Å². The zero-order valence-corrected chi connectivity index (χ0v) is 12.2. The van der Waals surface area contributed by atoms with Crippen molar-refractivity contribution in [2.75, 3.05) is 0 Å². The van der Waals surface area contributed by atoms with Crippen molar-refractivity contribution in [1.82, 2.24) is 10.6 Å². The molecule has 0 unspecified atom stereocenters. The van der Waals surface area contributed by atoms with E-state index in [0.717, 1.165) is 32.1 Å². The molecular weight excluding hydrogens is 244 g/mol. The Bertz CT molecular complexity index is 319. The van der Waals surface area contributed by atoms with Crippen LogP contribution in [0, 0.1) is 5.41 Å². The molecule has 5 nitrogen and oxygen atoms in total. The average Bonchev–Trinajstić information content (AvgIpc) is 2.31. The minimum atomic E-state index is -0.971. The van der Waals surface area contributed by atoms with E-state index in [1.54, 1.807) is 0 Å². The van der Waals surface area contributed by atoms with Crippen LogP contribution in [-0.4, -0.2) is 29.2 Å². The maximum Gasteiger partial charge on any atom is 0.326 e. The highest BCUT2D eigenvalue weighted by molar-refractivity contribution is 5.82. The van der Waals surface area contributed by atoms with E-state index < -0.39 is 12.0 Å². The molecule has 1 fully saturated rings. The van der Waals surface area contributed by atoms with E-state index in [9.17, 15) is 9.59 Å². The van der Waals surface area contributed by atoms with Crippen LogP contribution in [0.3, 0.4) is 0 Å². The van der Waals surface area contributed by atoms with E-state index in [1.165, 1.54) is 0 Å². The second-order valence-electron chi connectivity index (χ2n) is 6.24. The number of nitrogens with one attached hydrogen (secondary N) is 2. The zero-order chi connectivity index (χ0) is 14.5. The summed E-state index contributed by atoms with van der Waals surface area (Å²) in [4.78, 5) is 22.7. The van der Waals surface area contributed by atoms with Crippen molar-refractivity contribution < 1.29 is 14.7 Å². The van der Waals surface area contributed by atoms with Crippen LogP contribution < -0.4 is 10.6 Å². The normalized spacial score (nSPS) is 20.6. The molecule has 19 heavy (non-hydrogen) atoms. The van der Waals surface area contributed by atoms with Gasteiger partial charge in [-0.25, -0.2) is 9.59 Å². The Hall–Kier alpha value is -1.26. The molecule has 110 valence electrons. The Morgan fingerprint density at radius 1 is 1.32 bits per heavy atom. The molecule has 0 radical (unpaired) electrons. The van der Waals surface area contributed by atoms with Gasteiger partial charge in [-0.3, -0.25) is 0 Å². The lowest BCUT2D eigenvalue weighted by molar-refractivity contribution is -0.139.